The summed E-state index contributed by atoms with van der Waals surface area (Å²) in [5, 5.41) is 12.5. The monoisotopic (exact) mass is 194 g/mol. The van der Waals surface area contributed by atoms with Crippen molar-refractivity contribution in [1.82, 2.24) is 4.98 Å². The molecule has 0 aliphatic rings. The smallest absolute Gasteiger partial charge is 0.126 e. The van der Waals surface area contributed by atoms with Crippen LogP contribution in [0.4, 0.5) is 5.82 Å². The van der Waals surface area contributed by atoms with E-state index >= 15 is 0 Å². The SMILES string of the molecule is C[C@@H](O)c1ccc(NC(C)(C)C)nc1. The number of aliphatic hydroxyl groups excluding tert-OH is 1. The van der Waals surface area contributed by atoms with E-state index in [4.69, 9.17) is 0 Å². The third-order valence-electron chi connectivity index (χ3n) is 1.77. The lowest BCUT2D eigenvalue weighted by Crippen LogP contribution is -2.26. The van der Waals surface area contributed by atoms with E-state index < -0.39 is 6.10 Å². The molecule has 1 rings (SSSR count). The lowest BCUT2D eigenvalue weighted by Gasteiger charge is -2.21. The summed E-state index contributed by atoms with van der Waals surface area (Å²) in [6.45, 7) is 7.97. The number of hydrogen-bond donors (Lipinski definition) is 2. The average molecular weight is 194 g/mol. The van der Waals surface area contributed by atoms with Crippen LogP contribution in [0, 0.1) is 0 Å². The molecule has 0 aromatic carbocycles. The van der Waals surface area contributed by atoms with Crippen molar-refractivity contribution in [3.05, 3.63) is 23.9 Å². The molecule has 0 amide bonds. The zero-order chi connectivity index (χ0) is 10.8. The molecule has 78 valence electrons. The fourth-order valence-electron chi connectivity index (χ4n) is 1.11. The number of nitrogens with zero attached hydrogens (tertiary/aromatic N) is 1. The van der Waals surface area contributed by atoms with Crippen molar-refractivity contribution in [2.45, 2.75) is 39.3 Å². The molecule has 0 bridgehead atoms. The van der Waals surface area contributed by atoms with Gasteiger partial charge in [-0.3, -0.25) is 0 Å². The van der Waals surface area contributed by atoms with Gasteiger partial charge in [0.05, 0.1) is 6.10 Å². The number of hydrogen-bond acceptors (Lipinski definition) is 3. The van der Waals surface area contributed by atoms with Gasteiger partial charge in [-0.25, -0.2) is 4.98 Å². The summed E-state index contributed by atoms with van der Waals surface area (Å²) < 4.78 is 0. The Kier molecular flexibility index (Phi) is 3.11. The molecule has 0 fully saturated rings. The van der Waals surface area contributed by atoms with Crippen LogP contribution in [0.5, 0.6) is 0 Å². The summed E-state index contributed by atoms with van der Waals surface area (Å²) in [6.07, 6.45) is 1.24. The highest BCUT2D eigenvalue weighted by molar-refractivity contribution is 5.38. The van der Waals surface area contributed by atoms with Crippen molar-refractivity contribution in [3.8, 4) is 0 Å². The Morgan fingerprint density at radius 1 is 1.36 bits per heavy atom. The van der Waals surface area contributed by atoms with Crippen molar-refractivity contribution in [1.29, 1.82) is 0 Å². The minimum Gasteiger partial charge on any atom is -0.389 e. The quantitative estimate of drug-likeness (QED) is 0.759. The van der Waals surface area contributed by atoms with Gasteiger partial charge in [-0.15, -0.1) is 0 Å². The van der Waals surface area contributed by atoms with Crippen LogP contribution in [-0.2, 0) is 0 Å². The number of anilines is 1. The van der Waals surface area contributed by atoms with Crippen LogP contribution in [-0.4, -0.2) is 15.6 Å². The predicted octanol–water partition coefficient (Wildman–Crippen LogP) is 2.35. The standard InChI is InChI=1S/C11H18N2O/c1-8(14)9-5-6-10(12-7-9)13-11(2,3)4/h5-8,14H,1-4H3,(H,12,13)/t8-/m1/s1. The minimum atomic E-state index is -0.453. The molecule has 0 saturated heterocycles. The second-order valence-corrected chi connectivity index (χ2v) is 4.53. The maximum absolute atomic E-state index is 9.29. The molecule has 0 radical (unpaired) electrons. The lowest BCUT2D eigenvalue weighted by molar-refractivity contribution is 0.199. The molecule has 0 saturated carbocycles. The van der Waals surface area contributed by atoms with Gasteiger partial charge in [0.2, 0.25) is 0 Å². The Bertz CT molecular complexity index is 285. The Hall–Kier alpha value is -1.09. The first-order chi connectivity index (χ1) is 6.38. The van der Waals surface area contributed by atoms with Gasteiger partial charge in [0.15, 0.2) is 0 Å². The van der Waals surface area contributed by atoms with Crippen LogP contribution in [0.2, 0.25) is 0 Å². The molecule has 3 heteroatoms. The van der Waals surface area contributed by atoms with Crippen LogP contribution in [0.15, 0.2) is 18.3 Å². The van der Waals surface area contributed by atoms with Crippen molar-refractivity contribution in [2.75, 3.05) is 5.32 Å². The fourth-order valence-corrected chi connectivity index (χ4v) is 1.11. The highest BCUT2D eigenvalue weighted by atomic mass is 16.3. The van der Waals surface area contributed by atoms with E-state index in [1.165, 1.54) is 0 Å². The van der Waals surface area contributed by atoms with E-state index in [9.17, 15) is 5.11 Å². The van der Waals surface area contributed by atoms with Gasteiger partial charge in [0, 0.05) is 11.7 Å². The first kappa shape index (κ1) is 11.0. The van der Waals surface area contributed by atoms with Gasteiger partial charge in [-0.05, 0) is 39.3 Å². The molecule has 1 aromatic rings. The Morgan fingerprint density at radius 2 is 2.00 bits per heavy atom. The molecule has 1 aromatic heterocycles. The van der Waals surface area contributed by atoms with Gasteiger partial charge < -0.3 is 10.4 Å². The third kappa shape index (κ3) is 3.34. The minimum absolute atomic E-state index is 0.0132. The highest BCUT2D eigenvalue weighted by Crippen LogP contribution is 2.15. The molecule has 0 aliphatic carbocycles. The zero-order valence-electron chi connectivity index (χ0n) is 9.20. The molecular formula is C11H18N2O. The second-order valence-electron chi connectivity index (χ2n) is 4.53. The molecule has 1 heterocycles. The van der Waals surface area contributed by atoms with Crippen LogP contribution in [0.25, 0.3) is 0 Å². The normalized spacial score (nSPS) is 13.8. The summed E-state index contributed by atoms with van der Waals surface area (Å²) in [7, 11) is 0. The number of rotatable bonds is 2. The fraction of sp³-hybridized carbons (Fsp3) is 0.545. The summed E-state index contributed by atoms with van der Waals surface area (Å²) in [5.74, 6) is 0.835. The van der Waals surface area contributed by atoms with E-state index in [-0.39, 0.29) is 5.54 Å². The second kappa shape index (κ2) is 3.96. The third-order valence-corrected chi connectivity index (χ3v) is 1.77. The number of pyridine rings is 1. The van der Waals surface area contributed by atoms with Gasteiger partial charge in [0.1, 0.15) is 5.82 Å². The molecule has 2 N–H and O–H groups in total. The molecule has 0 aliphatic heterocycles. The Balaban J connectivity index is 2.74. The van der Waals surface area contributed by atoms with Gasteiger partial charge >= 0.3 is 0 Å². The first-order valence-corrected chi connectivity index (χ1v) is 4.81. The number of nitrogens with one attached hydrogen (secondary N) is 1. The van der Waals surface area contributed by atoms with Crippen LogP contribution < -0.4 is 5.32 Å². The molecule has 3 nitrogen and oxygen atoms in total. The maximum atomic E-state index is 9.29. The summed E-state index contributed by atoms with van der Waals surface area (Å²) in [5.41, 5.74) is 0.851. The Morgan fingerprint density at radius 3 is 2.36 bits per heavy atom. The van der Waals surface area contributed by atoms with Gasteiger partial charge in [-0.2, -0.15) is 0 Å². The zero-order valence-corrected chi connectivity index (χ0v) is 9.20. The molecule has 1 atom stereocenters. The first-order valence-electron chi connectivity index (χ1n) is 4.81. The summed E-state index contributed by atoms with van der Waals surface area (Å²) in [6, 6.07) is 3.76. The maximum Gasteiger partial charge on any atom is 0.126 e. The molecule has 0 spiro atoms. The number of aromatic nitrogens is 1. The summed E-state index contributed by atoms with van der Waals surface area (Å²) >= 11 is 0. The Labute approximate surface area is 85.2 Å². The van der Waals surface area contributed by atoms with Crippen LogP contribution in [0.1, 0.15) is 39.4 Å². The summed E-state index contributed by atoms with van der Waals surface area (Å²) in [4.78, 5) is 4.21. The van der Waals surface area contributed by atoms with Crippen LogP contribution in [0.3, 0.4) is 0 Å². The average Bonchev–Trinajstić information content (AvgIpc) is 2.02. The van der Waals surface area contributed by atoms with E-state index in [2.05, 4.69) is 31.1 Å². The molecular weight excluding hydrogens is 176 g/mol. The van der Waals surface area contributed by atoms with Gasteiger partial charge in [-0.1, -0.05) is 6.07 Å². The van der Waals surface area contributed by atoms with Crippen LogP contribution >= 0.6 is 0 Å². The van der Waals surface area contributed by atoms with E-state index in [1.807, 2.05) is 12.1 Å². The van der Waals surface area contributed by atoms with Crippen molar-refractivity contribution in [2.24, 2.45) is 0 Å². The topological polar surface area (TPSA) is 45.1 Å². The molecule has 14 heavy (non-hydrogen) atoms. The predicted molar refractivity (Wildman–Crippen MR) is 58.2 cm³/mol. The van der Waals surface area contributed by atoms with Crippen molar-refractivity contribution < 1.29 is 5.11 Å². The van der Waals surface area contributed by atoms with E-state index in [1.54, 1.807) is 13.1 Å². The largest absolute Gasteiger partial charge is 0.389 e. The van der Waals surface area contributed by atoms with Crippen molar-refractivity contribution in [3.63, 3.8) is 0 Å². The van der Waals surface area contributed by atoms with E-state index in [0.29, 0.717) is 0 Å². The van der Waals surface area contributed by atoms with Gasteiger partial charge in [0.25, 0.3) is 0 Å². The highest BCUT2D eigenvalue weighted by Gasteiger charge is 2.10. The van der Waals surface area contributed by atoms with E-state index in [0.717, 1.165) is 11.4 Å². The molecule has 0 unspecified atom stereocenters. The lowest BCUT2D eigenvalue weighted by atomic mass is 10.1. The number of aliphatic hydroxyl groups is 1. The van der Waals surface area contributed by atoms with Crippen molar-refractivity contribution >= 4 is 5.82 Å².